The normalized spacial score (nSPS) is 17.9. The molecule has 1 saturated heterocycles. The molecule has 128 valence electrons. The van der Waals surface area contributed by atoms with Gasteiger partial charge in [-0.05, 0) is 38.4 Å². The molecule has 0 unspecified atom stereocenters. The maximum absolute atomic E-state index is 14.0. The number of rotatable bonds is 4. The van der Waals surface area contributed by atoms with Crippen LogP contribution in [0.25, 0.3) is 11.5 Å². The van der Waals surface area contributed by atoms with E-state index in [1.54, 1.807) is 18.5 Å². The Balaban J connectivity index is 1.63. The van der Waals surface area contributed by atoms with Gasteiger partial charge in [-0.3, -0.25) is 4.90 Å². The fourth-order valence-corrected chi connectivity index (χ4v) is 3.42. The first-order valence-electron chi connectivity index (χ1n) is 8.53. The molecule has 1 aliphatic heterocycles. The van der Waals surface area contributed by atoms with Crippen LogP contribution >= 0.6 is 0 Å². The van der Waals surface area contributed by atoms with Crippen molar-refractivity contribution in [1.29, 1.82) is 0 Å². The second-order valence-corrected chi connectivity index (χ2v) is 6.41. The predicted molar refractivity (Wildman–Crippen MR) is 93.1 cm³/mol. The van der Waals surface area contributed by atoms with Crippen LogP contribution in [-0.2, 0) is 6.54 Å². The Morgan fingerprint density at radius 1 is 1.28 bits per heavy atom. The van der Waals surface area contributed by atoms with E-state index in [0.29, 0.717) is 12.1 Å². The first kappa shape index (κ1) is 15.9. The Morgan fingerprint density at radius 2 is 2.16 bits per heavy atom. The second kappa shape index (κ2) is 6.72. The highest BCUT2D eigenvalue weighted by atomic mass is 19.1. The number of aryl methyl sites for hydroxylation is 1. The number of H-pyrrole nitrogens is 1. The summed E-state index contributed by atoms with van der Waals surface area (Å²) in [5, 5.41) is 0. The van der Waals surface area contributed by atoms with Crippen molar-refractivity contribution in [3.63, 3.8) is 0 Å². The monoisotopic (exact) mass is 337 g/mol. The average Bonchev–Trinajstić information content (AvgIpc) is 3.28. The number of halogens is 1. The molecule has 25 heavy (non-hydrogen) atoms. The van der Waals surface area contributed by atoms with Gasteiger partial charge in [0.25, 0.3) is 0 Å². The Kier molecular flexibility index (Phi) is 4.28. The number of imidazole rings is 1. The van der Waals surface area contributed by atoms with Gasteiger partial charge >= 0.3 is 0 Å². The van der Waals surface area contributed by atoms with Crippen LogP contribution in [0.4, 0.5) is 4.39 Å². The van der Waals surface area contributed by atoms with Crippen LogP contribution < -0.4 is 0 Å². The Labute approximate surface area is 146 Å². The molecule has 1 aliphatic rings. The van der Waals surface area contributed by atoms with E-state index in [1.165, 1.54) is 6.07 Å². The minimum atomic E-state index is -0.158. The van der Waals surface area contributed by atoms with Gasteiger partial charge < -0.3 is 4.98 Å². The van der Waals surface area contributed by atoms with Gasteiger partial charge in [-0.15, -0.1) is 0 Å². The molecule has 4 rings (SSSR count). The number of nitrogens with zero attached hydrogens (tertiary/aromatic N) is 4. The molecule has 0 amide bonds. The molecule has 0 aliphatic carbocycles. The molecule has 1 aromatic carbocycles. The van der Waals surface area contributed by atoms with Gasteiger partial charge in [0.05, 0.1) is 6.04 Å². The molecule has 0 spiro atoms. The topological polar surface area (TPSA) is 57.7 Å². The summed E-state index contributed by atoms with van der Waals surface area (Å²) in [6.45, 7) is 3.46. The van der Waals surface area contributed by atoms with Gasteiger partial charge in [-0.2, -0.15) is 0 Å². The SMILES string of the molecule is Cc1cc(-c2ncc[nH]2)nc([C@H]2CCCN2Cc2ccccc2F)n1. The predicted octanol–water partition coefficient (Wildman–Crippen LogP) is 3.65. The van der Waals surface area contributed by atoms with Gasteiger partial charge in [0.1, 0.15) is 17.3 Å². The Morgan fingerprint density at radius 3 is 2.96 bits per heavy atom. The van der Waals surface area contributed by atoms with Gasteiger partial charge in [-0.1, -0.05) is 18.2 Å². The molecule has 3 heterocycles. The zero-order chi connectivity index (χ0) is 17.2. The van der Waals surface area contributed by atoms with Crippen LogP contribution in [0.3, 0.4) is 0 Å². The summed E-state index contributed by atoms with van der Waals surface area (Å²) >= 11 is 0. The summed E-state index contributed by atoms with van der Waals surface area (Å²) in [5.41, 5.74) is 2.42. The van der Waals surface area contributed by atoms with E-state index in [-0.39, 0.29) is 11.9 Å². The van der Waals surface area contributed by atoms with E-state index in [4.69, 9.17) is 4.98 Å². The van der Waals surface area contributed by atoms with Gasteiger partial charge in [0.15, 0.2) is 5.82 Å². The van der Waals surface area contributed by atoms with Crippen molar-refractivity contribution in [2.24, 2.45) is 0 Å². The van der Waals surface area contributed by atoms with E-state index in [1.807, 2.05) is 25.1 Å². The largest absolute Gasteiger partial charge is 0.343 e. The lowest BCUT2D eigenvalue weighted by molar-refractivity contribution is 0.236. The standard InChI is InChI=1S/C19H20FN5/c1-13-11-16(18-21-8-9-22-18)24-19(23-13)17-7-4-10-25(17)12-14-5-2-3-6-15(14)20/h2-3,5-6,8-9,11,17H,4,7,10,12H2,1H3,(H,21,22)/t17-/m1/s1. The molecular formula is C19H20FN5. The van der Waals surface area contributed by atoms with Crippen molar-refractivity contribution in [3.05, 3.63) is 65.6 Å². The number of hydrogen-bond acceptors (Lipinski definition) is 4. The van der Waals surface area contributed by atoms with Crippen molar-refractivity contribution in [3.8, 4) is 11.5 Å². The first-order chi connectivity index (χ1) is 12.2. The molecule has 3 aromatic rings. The molecule has 0 saturated carbocycles. The van der Waals surface area contributed by atoms with Crippen molar-refractivity contribution in [1.82, 2.24) is 24.8 Å². The summed E-state index contributed by atoms with van der Waals surface area (Å²) in [6, 6.07) is 8.99. The number of hydrogen-bond donors (Lipinski definition) is 1. The summed E-state index contributed by atoms with van der Waals surface area (Å²) in [5.74, 6) is 1.38. The maximum Gasteiger partial charge on any atom is 0.156 e. The molecule has 0 radical (unpaired) electrons. The fourth-order valence-electron chi connectivity index (χ4n) is 3.42. The Bertz CT molecular complexity index is 862. The van der Waals surface area contributed by atoms with Crippen LogP contribution in [0.15, 0.2) is 42.7 Å². The summed E-state index contributed by atoms with van der Waals surface area (Å²) < 4.78 is 14.0. The van der Waals surface area contributed by atoms with E-state index in [2.05, 4.69) is 19.9 Å². The van der Waals surface area contributed by atoms with E-state index in [9.17, 15) is 4.39 Å². The van der Waals surface area contributed by atoms with Crippen LogP contribution in [0, 0.1) is 12.7 Å². The molecule has 1 N–H and O–H groups in total. The lowest BCUT2D eigenvalue weighted by atomic mass is 10.1. The fraction of sp³-hybridized carbons (Fsp3) is 0.316. The van der Waals surface area contributed by atoms with E-state index in [0.717, 1.165) is 42.4 Å². The maximum atomic E-state index is 14.0. The number of benzene rings is 1. The van der Waals surface area contributed by atoms with Crippen molar-refractivity contribution in [2.45, 2.75) is 32.4 Å². The minimum absolute atomic E-state index is 0.105. The third-order valence-electron chi connectivity index (χ3n) is 4.61. The third-order valence-corrected chi connectivity index (χ3v) is 4.61. The molecule has 5 nitrogen and oxygen atoms in total. The summed E-state index contributed by atoms with van der Waals surface area (Å²) in [7, 11) is 0. The molecule has 0 bridgehead atoms. The van der Waals surface area contributed by atoms with Crippen LogP contribution in [0.5, 0.6) is 0 Å². The first-order valence-corrected chi connectivity index (χ1v) is 8.53. The highest BCUT2D eigenvalue weighted by Crippen LogP contribution is 2.32. The zero-order valence-corrected chi connectivity index (χ0v) is 14.1. The van der Waals surface area contributed by atoms with Crippen LogP contribution in [0.2, 0.25) is 0 Å². The van der Waals surface area contributed by atoms with E-state index < -0.39 is 0 Å². The van der Waals surface area contributed by atoms with Gasteiger partial charge in [0.2, 0.25) is 0 Å². The van der Waals surface area contributed by atoms with Crippen LogP contribution in [-0.4, -0.2) is 31.4 Å². The van der Waals surface area contributed by atoms with Crippen LogP contribution in [0.1, 0.15) is 36.0 Å². The van der Waals surface area contributed by atoms with Crippen molar-refractivity contribution >= 4 is 0 Å². The molecule has 6 heteroatoms. The molecule has 1 fully saturated rings. The summed E-state index contributed by atoms with van der Waals surface area (Å²) in [6.07, 6.45) is 5.54. The lowest BCUT2D eigenvalue weighted by Crippen LogP contribution is -2.25. The van der Waals surface area contributed by atoms with Crippen molar-refractivity contribution < 1.29 is 4.39 Å². The van der Waals surface area contributed by atoms with Crippen molar-refractivity contribution in [2.75, 3.05) is 6.54 Å². The van der Waals surface area contributed by atoms with Gasteiger partial charge in [-0.25, -0.2) is 19.3 Å². The molecular weight excluding hydrogens is 317 g/mol. The highest BCUT2D eigenvalue weighted by molar-refractivity contribution is 5.49. The number of aromatic nitrogens is 4. The number of likely N-dealkylation sites (tertiary alicyclic amines) is 1. The second-order valence-electron chi connectivity index (χ2n) is 6.41. The number of nitrogens with one attached hydrogen (secondary N) is 1. The minimum Gasteiger partial charge on any atom is -0.343 e. The zero-order valence-electron chi connectivity index (χ0n) is 14.1. The Hall–Kier alpha value is -2.60. The lowest BCUT2D eigenvalue weighted by Gasteiger charge is -2.24. The van der Waals surface area contributed by atoms with Gasteiger partial charge in [0, 0.05) is 30.2 Å². The third kappa shape index (κ3) is 3.30. The molecule has 2 aromatic heterocycles. The average molecular weight is 337 g/mol. The molecule has 1 atom stereocenters. The summed E-state index contributed by atoms with van der Waals surface area (Å²) in [4.78, 5) is 19.0. The number of aromatic amines is 1. The smallest absolute Gasteiger partial charge is 0.156 e. The highest BCUT2D eigenvalue weighted by Gasteiger charge is 2.29. The quantitative estimate of drug-likeness (QED) is 0.789. The van der Waals surface area contributed by atoms with E-state index >= 15 is 0 Å².